The lowest BCUT2D eigenvalue weighted by Crippen LogP contribution is -1.93. The molecule has 2 rings (SSSR count). The zero-order chi connectivity index (χ0) is 11.4. The Morgan fingerprint density at radius 1 is 1.12 bits per heavy atom. The van der Waals surface area contributed by atoms with Gasteiger partial charge in [0.2, 0.25) is 0 Å². The highest BCUT2D eigenvalue weighted by atomic mass is 32.2. The van der Waals surface area contributed by atoms with Crippen molar-refractivity contribution < 1.29 is 5.11 Å². The number of pyridine rings is 1. The molecule has 0 unspecified atom stereocenters. The minimum atomic E-state index is 0.284. The summed E-state index contributed by atoms with van der Waals surface area (Å²) in [5.41, 5.74) is 6.55. The summed E-state index contributed by atoms with van der Waals surface area (Å²) in [5.74, 6) is 1.60. The van der Waals surface area contributed by atoms with E-state index in [9.17, 15) is 0 Å². The van der Waals surface area contributed by atoms with Crippen LogP contribution in [0.15, 0.2) is 47.4 Å². The number of anilines is 1. The van der Waals surface area contributed by atoms with Crippen LogP contribution in [0.4, 0.5) is 5.82 Å². The summed E-state index contributed by atoms with van der Waals surface area (Å²) < 4.78 is 0. The number of phenolic OH excluding ortho intramolecular Hbond substituents is 1. The van der Waals surface area contributed by atoms with Gasteiger partial charge in [0.15, 0.2) is 0 Å². The lowest BCUT2D eigenvalue weighted by Gasteiger charge is -2.02. The standard InChI is InChI=1S/C12H12N2OS/c13-12-3-1-2-9(14-12)8-16-11-6-4-10(15)5-7-11/h1-7,15H,8H2,(H2,13,14). The fourth-order valence-electron chi connectivity index (χ4n) is 1.28. The highest BCUT2D eigenvalue weighted by Crippen LogP contribution is 2.23. The van der Waals surface area contributed by atoms with E-state index in [1.807, 2.05) is 24.3 Å². The molecule has 2 aromatic rings. The predicted octanol–water partition coefficient (Wildman–Crippen LogP) is 2.66. The van der Waals surface area contributed by atoms with Gasteiger partial charge in [0.25, 0.3) is 0 Å². The average molecular weight is 232 g/mol. The molecule has 0 spiro atoms. The minimum absolute atomic E-state index is 0.284. The summed E-state index contributed by atoms with van der Waals surface area (Å²) in [4.78, 5) is 5.31. The van der Waals surface area contributed by atoms with Crippen LogP contribution in [0.3, 0.4) is 0 Å². The number of hydrogen-bond donors (Lipinski definition) is 2. The van der Waals surface area contributed by atoms with Crippen molar-refractivity contribution in [2.24, 2.45) is 0 Å². The molecule has 0 saturated heterocycles. The van der Waals surface area contributed by atoms with Crippen molar-refractivity contribution in [3.05, 3.63) is 48.2 Å². The van der Waals surface area contributed by atoms with Crippen molar-refractivity contribution in [3.8, 4) is 5.75 Å². The van der Waals surface area contributed by atoms with E-state index in [0.29, 0.717) is 5.82 Å². The number of benzene rings is 1. The Labute approximate surface area is 98.3 Å². The first kappa shape index (κ1) is 10.8. The molecule has 0 aliphatic rings. The SMILES string of the molecule is Nc1cccc(CSc2ccc(O)cc2)n1. The van der Waals surface area contributed by atoms with E-state index >= 15 is 0 Å². The Morgan fingerprint density at radius 2 is 1.88 bits per heavy atom. The van der Waals surface area contributed by atoms with E-state index in [-0.39, 0.29) is 5.75 Å². The van der Waals surface area contributed by atoms with Gasteiger partial charge in [0.05, 0.1) is 5.69 Å². The molecule has 16 heavy (non-hydrogen) atoms. The van der Waals surface area contributed by atoms with Gasteiger partial charge in [-0.1, -0.05) is 6.07 Å². The molecule has 3 nitrogen and oxygen atoms in total. The molecule has 0 saturated carbocycles. The van der Waals surface area contributed by atoms with Gasteiger partial charge in [-0.3, -0.25) is 0 Å². The third-order valence-electron chi connectivity index (χ3n) is 2.05. The van der Waals surface area contributed by atoms with E-state index in [2.05, 4.69) is 4.98 Å². The van der Waals surface area contributed by atoms with Crippen LogP contribution in [0.2, 0.25) is 0 Å². The molecule has 1 heterocycles. The van der Waals surface area contributed by atoms with Crippen LogP contribution in [0.25, 0.3) is 0 Å². The van der Waals surface area contributed by atoms with Crippen LogP contribution < -0.4 is 5.73 Å². The maximum absolute atomic E-state index is 9.14. The molecule has 0 aliphatic heterocycles. The first-order valence-corrected chi connectivity index (χ1v) is 5.86. The number of thioether (sulfide) groups is 1. The van der Waals surface area contributed by atoms with Gasteiger partial charge in [-0.05, 0) is 36.4 Å². The van der Waals surface area contributed by atoms with Gasteiger partial charge in [-0.2, -0.15) is 0 Å². The van der Waals surface area contributed by atoms with Crippen LogP contribution >= 0.6 is 11.8 Å². The number of hydrogen-bond acceptors (Lipinski definition) is 4. The Kier molecular flexibility index (Phi) is 3.31. The van der Waals surface area contributed by atoms with E-state index in [1.54, 1.807) is 30.0 Å². The number of aromatic nitrogens is 1. The van der Waals surface area contributed by atoms with Crippen molar-refractivity contribution in [1.82, 2.24) is 4.98 Å². The number of nitrogens with zero attached hydrogens (tertiary/aromatic N) is 1. The second kappa shape index (κ2) is 4.90. The number of rotatable bonds is 3. The number of nitrogen functional groups attached to an aromatic ring is 1. The topological polar surface area (TPSA) is 59.1 Å². The molecular formula is C12H12N2OS. The molecule has 3 N–H and O–H groups in total. The highest BCUT2D eigenvalue weighted by Gasteiger charge is 1.98. The summed E-state index contributed by atoms with van der Waals surface area (Å²) in [6.45, 7) is 0. The van der Waals surface area contributed by atoms with E-state index in [1.165, 1.54) is 0 Å². The molecule has 0 aliphatic carbocycles. The lowest BCUT2D eigenvalue weighted by molar-refractivity contribution is 0.475. The van der Waals surface area contributed by atoms with Gasteiger partial charge < -0.3 is 10.8 Å². The van der Waals surface area contributed by atoms with Crippen LogP contribution in [-0.2, 0) is 5.75 Å². The number of nitrogens with two attached hydrogens (primary N) is 1. The van der Waals surface area contributed by atoms with E-state index in [4.69, 9.17) is 10.8 Å². The molecule has 0 fully saturated rings. The summed E-state index contributed by atoms with van der Waals surface area (Å²) >= 11 is 1.66. The third-order valence-corrected chi connectivity index (χ3v) is 3.10. The van der Waals surface area contributed by atoms with Gasteiger partial charge in [-0.25, -0.2) is 4.98 Å². The molecular weight excluding hydrogens is 220 g/mol. The first-order chi connectivity index (χ1) is 7.74. The average Bonchev–Trinajstić information content (AvgIpc) is 2.28. The van der Waals surface area contributed by atoms with Crippen molar-refractivity contribution in [2.75, 3.05) is 5.73 Å². The fraction of sp³-hybridized carbons (Fsp3) is 0.0833. The molecule has 0 amide bonds. The van der Waals surface area contributed by atoms with Gasteiger partial charge in [-0.15, -0.1) is 11.8 Å². The lowest BCUT2D eigenvalue weighted by atomic mass is 10.3. The Morgan fingerprint density at radius 3 is 2.56 bits per heavy atom. The Hall–Kier alpha value is -1.68. The van der Waals surface area contributed by atoms with Crippen molar-refractivity contribution in [3.63, 3.8) is 0 Å². The molecule has 0 atom stereocenters. The molecule has 1 aromatic carbocycles. The largest absolute Gasteiger partial charge is 0.508 e. The maximum atomic E-state index is 9.14. The minimum Gasteiger partial charge on any atom is -0.508 e. The van der Waals surface area contributed by atoms with Crippen LogP contribution in [0.5, 0.6) is 5.75 Å². The zero-order valence-electron chi connectivity index (χ0n) is 8.63. The monoisotopic (exact) mass is 232 g/mol. The van der Waals surface area contributed by atoms with Crippen molar-refractivity contribution >= 4 is 17.6 Å². The molecule has 0 bridgehead atoms. The second-order valence-corrected chi connectivity index (χ2v) is 4.39. The number of aromatic hydroxyl groups is 1. The fourth-order valence-corrected chi connectivity index (χ4v) is 2.08. The Balaban J connectivity index is 1.99. The van der Waals surface area contributed by atoms with Crippen molar-refractivity contribution in [1.29, 1.82) is 0 Å². The summed E-state index contributed by atoms with van der Waals surface area (Å²) in [6.07, 6.45) is 0. The van der Waals surface area contributed by atoms with E-state index in [0.717, 1.165) is 16.3 Å². The predicted molar refractivity (Wildman–Crippen MR) is 66.3 cm³/mol. The van der Waals surface area contributed by atoms with Gasteiger partial charge >= 0.3 is 0 Å². The van der Waals surface area contributed by atoms with Crippen molar-refractivity contribution in [2.45, 2.75) is 10.6 Å². The highest BCUT2D eigenvalue weighted by molar-refractivity contribution is 7.98. The van der Waals surface area contributed by atoms with Crippen LogP contribution in [0, 0.1) is 0 Å². The normalized spacial score (nSPS) is 10.2. The Bertz CT molecular complexity index is 471. The van der Waals surface area contributed by atoms with E-state index < -0.39 is 0 Å². The number of phenols is 1. The molecule has 1 aromatic heterocycles. The third kappa shape index (κ3) is 2.90. The smallest absolute Gasteiger partial charge is 0.123 e. The van der Waals surface area contributed by atoms with Crippen LogP contribution in [-0.4, -0.2) is 10.1 Å². The molecule has 4 heteroatoms. The molecule has 82 valence electrons. The maximum Gasteiger partial charge on any atom is 0.123 e. The summed E-state index contributed by atoms with van der Waals surface area (Å²) in [6, 6.07) is 12.7. The second-order valence-electron chi connectivity index (χ2n) is 3.34. The zero-order valence-corrected chi connectivity index (χ0v) is 9.45. The summed E-state index contributed by atoms with van der Waals surface area (Å²) in [5, 5.41) is 9.14. The van der Waals surface area contributed by atoms with Gasteiger partial charge in [0.1, 0.15) is 11.6 Å². The molecule has 0 radical (unpaired) electrons. The summed E-state index contributed by atoms with van der Waals surface area (Å²) in [7, 11) is 0. The van der Waals surface area contributed by atoms with Gasteiger partial charge in [0, 0.05) is 10.6 Å². The van der Waals surface area contributed by atoms with Crippen LogP contribution in [0.1, 0.15) is 5.69 Å². The quantitative estimate of drug-likeness (QED) is 0.799. The first-order valence-electron chi connectivity index (χ1n) is 4.87.